The summed E-state index contributed by atoms with van der Waals surface area (Å²) in [6, 6.07) is 20.9. The fraction of sp³-hybridized carbons (Fsp3) is 0.316. The molecule has 2 aromatic rings. The fourth-order valence-corrected chi connectivity index (χ4v) is 3.31. The zero-order valence-electron chi connectivity index (χ0n) is 12.4. The van der Waals surface area contributed by atoms with E-state index in [-0.39, 0.29) is 5.92 Å². The van der Waals surface area contributed by atoms with Gasteiger partial charge in [0.15, 0.2) is 0 Å². The Labute approximate surface area is 126 Å². The van der Waals surface area contributed by atoms with E-state index in [4.69, 9.17) is 0 Å². The zero-order chi connectivity index (χ0) is 14.7. The molecule has 0 spiro atoms. The number of carbonyl (C=O) groups is 1. The highest BCUT2D eigenvalue weighted by molar-refractivity contribution is 5.80. The van der Waals surface area contributed by atoms with Crippen molar-refractivity contribution in [1.29, 1.82) is 0 Å². The van der Waals surface area contributed by atoms with Crippen LogP contribution in [0.4, 0.5) is 0 Å². The predicted molar refractivity (Wildman–Crippen MR) is 85.1 cm³/mol. The van der Waals surface area contributed by atoms with Gasteiger partial charge in [-0.3, -0.25) is 9.69 Å². The van der Waals surface area contributed by atoms with Gasteiger partial charge in [0.2, 0.25) is 0 Å². The number of likely N-dealkylation sites (tertiary alicyclic amines) is 1. The van der Waals surface area contributed by atoms with Crippen LogP contribution in [-0.4, -0.2) is 23.8 Å². The summed E-state index contributed by atoms with van der Waals surface area (Å²) in [4.78, 5) is 14.4. The van der Waals surface area contributed by atoms with Gasteiger partial charge in [0.05, 0.1) is 0 Å². The largest absolute Gasteiger partial charge is 0.300 e. The molecular weight excluding hydrogens is 258 g/mol. The van der Waals surface area contributed by atoms with Gasteiger partial charge in [-0.1, -0.05) is 60.7 Å². The standard InChI is InChI=1S/C19H21NO/c1-15(21)18-13-20(12-16-8-4-2-5-9-16)14-19(18)17-10-6-3-7-11-17/h2-11,18-19H,12-14H2,1H3/t18-,19-/m0/s1. The molecule has 0 unspecified atom stereocenters. The minimum Gasteiger partial charge on any atom is -0.300 e. The number of rotatable bonds is 4. The molecule has 2 heteroatoms. The van der Waals surface area contributed by atoms with Gasteiger partial charge in [-0.15, -0.1) is 0 Å². The van der Waals surface area contributed by atoms with Gasteiger partial charge in [-0.25, -0.2) is 0 Å². The van der Waals surface area contributed by atoms with Crippen LogP contribution in [0.5, 0.6) is 0 Å². The first kappa shape index (κ1) is 14.0. The lowest BCUT2D eigenvalue weighted by atomic mass is 9.87. The summed E-state index contributed by atoms with van der Waals surface area (Å²) < 4.78 is 0. The number of ketones is 1. The molecule has 21 heavy (non-hydrogen) atoms. The summed E-state index contributed by atoms with van der Waals surface area (Å²) in [7, 11) is 0. The van der Waals surface area contributed by atoms with E-state index >= 15 is 0 Å². The third kappa shape index (κ3) is 3.22. The van der Waals surface area contributed by atoms with E-state index in [0.717, 1.165) is 19.6 Å². The SMILES string of the molecule is CC(=O)[C@@H]1CN(Cc2ccccc2)C[C@H]1c1ccccc1. The Bertz CT molecular complexity index is 593. The lowest BCUT2D eigenvalue weighted by molar-refractivity contribution is -0.120. The molecule has 0 N–H and O–H groups in total. The van der Waals surface area contributed by atoms with E-state index in [1.165, 1.54) is 11.1 Å². The molecule has 0 saturated carbocycles. The maximum Gasteiger partial charge on any atom is 0.134 e. The molecule has 0 aromatic heterocycles. The summed E-state index contributed by atoms with van der Waals surface area (Å²) in [5.41, 5.74) is 2.60. The van der Waals surface area contributed by atoms with Gasteiger partial charge < -0.3 is 0 Å². The maximum atomic E-state index is 12.0. The molecule has 1 aliphatic heterocycles. The number of benzene rings is 2. The fourth-order valence-electron chi connectivity index (χ4n) is 3.31. The number of nitrogens with zero attached hydrogens (tertiary/aromatic N) is 1. The Morgan fingerprint density at radius 3 is 2.24 bits per heavy atom. The Morgan fingerprint density at radius 1 is 1.00 bits per heavy atom. The molecule has 0 bridgehead atoms. The molecule has 0 radical (unpaired) electrons. The van der Waals surface area contributed by atoms with Gasteiger partial charge in [-0.05, 0) is 18.1 Å². The third-order valence-corrected chi connectivity index (χ3v) is 4.39. The summed E-state index contributed by atoms with van der Waals surface area (Å²) in [5.74, 6) is 0.753. The van der Waals surface area contributed by atoms with Crippen LogP contribution in [0.15, 0.2) is 60.7 Å². The van der Waals surface area contributed by atoms with E-state index in [1.807, 2.05) is 12.1 Å². The van der Waals surface area contributed by atoms with Crippen molar-refractivity contribution < 1.29 is 4.79 Å². The average molecular weight is 279 g/mol. The second kappa shape index (κ2) is 6.23. The molecule has 2 aromatic carbocycles. The smallest absolute Gasteiger partial charge is 0.134 e. The van der Waals surface area contributed by atoms with Crippen LogP contribution in [0.3, 0.4) is 0 Å². The first-order valence-electron chi connectivity index (χ1n) is 7.55. The van der Waals surface area contributed by atoms with Crippen molar-refractivity contribution in [3.05, 3.63) is 71.8 Å². The van der Waals surface area contributed by atoms with Gasteiger partial charge in [0.1, 0.15) is 5.78 Å². The van der Waals surface area contributed by atoms with Crippen LogP contribution in [0.2, 0.25) is 0 Å². The van der Waals surface area contributed by atoms with Gasteiger partial charge in [0, 0.05) is 31.5 Å². The molecule has 1 fully saturated rings. The van der Waals surface area contributed by atoms with E-state index < -0.39 is 0 Å². The van der Waals surface area contributed by atoms with E-state index in [9.17, 15) is 4.79 Å². The van der Waals surface area contributed by atoms with Crippen molar-refractivity contribution in [2.45, 2.75) is 19.4 Å². The highest BCUT2D eigenvalue weighted by Gasteiger charge is 2.36. The number of hydrogen-bond donors (Lipinski definition) is 0. The Morgan fingerprint density at radius 2 is 1.62 bits per heavy atom. The van der Waals surface area contributed by atoms with E-state index in [2.05, 4.69) is 53.4 Å². The molecule has 2 atom stereocenters. The first-order valence-corrected chi connectivity index (χ1v) is 7.55. The highest BCUT2D eigenvalue weighted by atomic mass is 16.1. The van der Waals surface area contributed by atoms with Crippen LogP contribution in [0, 0.1) is 5.92 Å². The summed E-state index contributed by atoms with van der Waals surface area (Å²) >= 11 is 0. The topological polar surface area (TPSA) is 20.3 Å². The third-order valence-electron chi connectivity index (χ3n) is 4.39. The molecule has 1 heterocycles. The molecule has 3 rings (SSSR count). The van der Waals surface area contributed by atoms with Gasteiger partial charge >= 0.3 is 0 Å². The van der Waals surface area contributed by atoms with Gasteiger partial charge in [0.25, 0.3) is 0 Å². The van der Waals surface area contributed by atoms with E-state index in [1.54, 1.807) is 6.92 Å². The lowest BCUT2D eigenvalue weighted by Gasteiger charge is -2.16. The minimum absolute atomic E-state index is 0.121. The molecule has 1 saturated heterocycles. The monoisotopic (exact) mass is 279 g/mol. The lowest BCUT2D eigenvalue weighted by Crippen LogP contribution is -2.22. The number of carbonyl (C=O) groups excluding carboxylic acids is 1. The molecule has 0 amide bonds. The van der Waals surface area contributed by atoms with Gasteiger partial charge in [-0.2, -0.15) is 0 Å². The zero-order valence-corrected chi connectivity index (χ0v) is 12.4. The Balaban J connectivity index is 1.77. The molecule has 0 aliphatic carbocycles. The van der Waals surface area contributed by atoms with Crippen molar-refractivity contribution in [2.75, 3.05) is 13.1 Å². The van der Waals surface area contributed by atoms with Crippen molar-refractivity contribution >= 4 is 5.78 Å². The van der Waals surface area contributed by atoms with Crippen LogP contribution < -0.4 is 0 Å². The molecule has 1 aliphatic rings. The second-order valence-electron chi connectivity index (χ2n) is 5.91. The summed E-state index contributed by atoms with van der Waals surface area (Å²) in [6.45, 7) is 4.48. The molecule has 2 nitrogen and oxygen atoms in total. The first-order chi connectivity index (χ1) is 10.2. The Kier molecular flexibility index (Phi) is 4.16. The highest BCUT2D eigenvalue weighted by Crippen LogP contribution is 2.33. The normalized spacial score (nSPS) is 22.3. The molecular formula is C19H21NO. The van der Waals surface area contributed by atoms with Crippen LogP contribution in [0.25, 0.3) is 0 Å². The number of hydrogen-bond acceptors (Lipinski definition) is 2. The Hall–Kier alpha value is -1.93. The summed E-state index contributed by atoms with van der Waals surface area (Å²) in [5, 5.41) is 0. The molecule has 108 valence electrons. The second-order valence-corrected chi connectivity index (χ2v) is 5.91. The van der Waals surface area contributed by atoms with Crippen LogP contribution in [-0.2, 0) is 11.3 Å². The van der Waals surface area contributed by atoms with Crippen LogP contribution in [0.1, 0.15) is 24.0 Å². The van der Waals surface area contributed by atoms with Crippen molar-refractivity contribution in [1.82, 2.24) is 4.90 Å². The maximum absolute atomic E-state index is 12.0. The van der Waals surface area contributed by atoms with Crippen molar-refractivity contribution in [3.63, 3.8) is 0 Å². The van der Waals surface area contributed by atoms with Crippen LogP contribution >= 0.6 is 0 Å². The average Bonchev–Trinajstić information content (AvgIpc) is 2.93. The summed E-state index contributed by atoms with van der Waals surface area (Å²) in [6.07, 6.45) is 0. The quantitative estimate of drug-likeness (QED) is 0.854. The van der Waals surface area contributed by atoms with Crippen molar-refractivity contribution in [2.24, 2.45) is 5.92 Å². The van der Waals surface area contributed by atoms with E-state index in [0.29, 0.717) is 11.7 Å². The number of Topliss-reactive ketones (excluding diaryl/α,β-unsaturated/α-hetero) is 1. The minimum atomic E-state index is 0.121. The van der Waals surface area contributed by atoms with Crippen molar-refractivity contribution in [3.8, 4) is 0 Å². The predicted octanol–water partition coefficient (Wildman–Crippen LogP) is 3.49.